The van der Waals surface area contributed by atoms with E-state index >= 15 is 0 Å². The molecule has 2 aromatic carbocycles. The van der Waals surface area contributed by atoms with Crippen LogP contribution in [0.1, 0.15) is 5.56 Å². The zero-order valence-corrected chi connectivity index (χ0v) is 10.2. The summed E-state index contributed by atoms with van der Waals surface area (Å²) in [7, 11) is -1.50. The van der Waals surface area contributed by atoms with Crippen LogP contribution >= 0.6 is 10.8 Å². The van der Waals surface area contributed by atoms with Crippen molar-refractivity contribution in [1.82, 2.24) is 0 Å². The van der Waals surface area contributed by atoms with E-state index < -0.39 is 10.8 Å². The first-order chi connectivity index (χ1) is 8.37. The van der Waals surface area contributed by atoms with Gasteiger partial charge in [-0.3, -0.25) is 0 Å². The highest BCUT2D eigenvalue weighted by Crippen LogP contribution is 2.58. The van der Waals surface area contributed by atoms with Gasteiger partial charge >= 0.3 is 0 Å². The van der Waals surface area contributed by atoms with Crippen LogP contribution in [0.5, 0.6) is 0 Å². The van der Waals surface area contributed by atoms with Crippen LogP contribution in [-0.2, 0) is 15.0 Å². The van der Waals surface area contributed by atoms with E-state index in [1.165, 1.54) is 21.2 Å². The first-order valence-corrected chi connectivity index (χ1v) is 7.39. The molecule has 0 aliphatic carbocycles. The molecule has 4 heteroatoms. The largest absolute Gasteiger partial charge is 0.234 e. The minimum absolute atomic E-state index is 0.687. The maximum absolute atomic E-state index is 5.95. The Hall–Kier alpha value is -1.07. The van der Waals surface area contributed by atoms with Gasteiger partial charge in [-0.1, -0.05) is 24.3 Å². The van der Waals surface area contributed by atoms with Gasteiger partial charge in [0.25, 0.3) is 0 Å². The van der Waals surface area contributed by atoms with E-state index in [1.54, 1.807) is 0 Å². The van der Waals surface area contributed by atoms with Gasteiger partial charge < -0.3 is 0 Å². The summed E-state index contributed by atoms with van der Waals surface area (Å²) in [5.74, 6) is 0. The second-order valence-corrected chi connectivity index (χ2v) is 6.73. The topological polar surface area (TPSA) is 35.1 Å². The molecule has 2 N–H and O–H groups in total. The van der Waals surface area contributed by atoms with E-state index in [1.807, 2.05) is 0 Å². The molecule has 1 atom stereocenters. The van der Waals surface area contributed by atoms with Gasteiger partial charge in [-0.15, -0.1) is 0 Å². The summed E-state index contributed by atoms with van der Waals surface area (Å²) < 4.78 is 14.1. The Morgan fingerprint density at radius 2 is 1.88 bits per heavy atom. The zero-order valence-electron chi connectivity index (χ0n) is 9.39. The molecule has 3 nitrogen and oxygen atoms in total. The minimum atomic E-state index is -1.50. The van der Waals surface area contributed by atoms with Crippen LogP contribution < -0.4 is 4.72 Å². The molecule has 0 radical (unpaired) electrons. The van der Waals surface area contributed by atoms with Gasteiger partial charge in [0.1, 0.15) is 24.7 Å². The maximum Gasteiger partial charge on any atom is 0.128 e. The van der Waals surface area contributed by atoms with Crippen LogP contribution in [0.2, 0.25) is 0 Å². The summed E-state index contributed by atoms with van der Waals surface area (Å²) in [5.41, 5.74) is 1.29. The molecule has 1 saturated heterocycles. The smallest absolute Gasteiger partial charge is 0.128 e. The van der Waals surface area contributed by atoms with E-state index in [0.29, 0.717) is 6.61 Å². The van der Waals surface area contributed by atoms with E-state index in [9.17, 15) is 0 Å². The summed E-state index contributed by atoms with van der Waals surface area (Å²) in [6.07, 6.45) is 0. The molecule has 1 spiro atoms. The fourth-order valence-electron chi connectivity index (χ4n) is 2.52. The Bertz CT molecular complexity index is 593. The molecule has 0 amide bonds. The van der Waals surface area contributed by atoms with Crippen LogP contribution in [0.4, 0.5) is 0 Å². The van der Waals surface area contributed by atoms with Gasteiger partial charge in [-0.05, 0) is 33.7 Å². The highest BCUT2D eigenvalue weighted by atomic mass is 32.3. The molecule has 0 bridgehead atoms. The molecule has 0 saturated carbocycles. The molecule has 0 aromatic heterocycles. The summed E-state index contributed by atoms with van der Waals surface area (Å²) in [6.45, 7) is 2.48. The monoisotopic (exact) mass is 248 g/mol. The fourth-order valence-corrected chi connectivity index (χ4v) is 5.04. The van der Waals surface area contributed by atoms with Gasteiger partial charge in [0.2, 0.25) is 0 Å². The number of hydrogen-bond donors (Lipinski definition) is 1. The van der Waals surface area contributed by atoms with Crippen LogP contribution in [0.3, 0.4) is 0 Å². The average Bonchev–Trinajstić information content (AvgIpc) is 2.97. The van der Waals surface area contributed by atoms with Crippen LogP contribution in [0.15, 0.2) is 41.3 Å². The number of fused-ring (bicyclic) bond motifs is 3. The molecule has 4 rings (SSSR count). The maximum atomic E-state index is 5.95. The molecular weight excluding hydrogens is 234 g/mol. The van der Waals surface area contributed by atoms with Gasteiger partial charge in [0, 0.05) is 5.56 Å². The number of hydrogen-bond acceptors (Lipinski definition) is 2. The third-order valence-corrected chi connectivity index (χ3v) is 5.99. The van der Waals surface area contributed by atoms with E-state index in [0.717, 1.165) is 13.2 Å². The van der Waals surface area contributed by atoms with Crippen molar-refractivity contribution in [1.29, 1.82) is 0 Å². The first-order valence-electron chi connectivity index (χ1n) is 5.84. The third-order valence-electron chi connectivity index (χ3n) is 3.34. The molecule has 88 valence electrons. The van der Waals surface area contributed by atoms with Crippen molar-refractivity contribution in [2.45, 2.75) is 11.5 Å². The highest BCUT2D eigenvalue weighted by molar-refractivity contribution is 8.20. The molecule has 1 unspecified atom stereocenters. The van der Waals surface area contributed by atoms with Crippen LogP contribution in [-0.4, -0.2) is 13.2 Å². The lowest BCUT2D eigenvalue weighted by Gasteiger charge is -2.29. The minimum Gasteiger partial charge on any atom is -0.234 e. The van der Waals surface area contributed by atoms with E-state index in [2.05, 4.69) is 41.1 Å². The van der Waals surface area contributed by atoms with Gasteiger partial charge in [-0.25, -0.2) is 13.1 Å². The Morgan fingerprint density at radius 1 is 1.06 bits per heavy atom. The van der Waals surface area contributed by atoms with E-state index in [-0.39, 0.29) is 0 Å². The Balaban J connectivity index is 1.96. The Labute approximate surface area is 102 Å². The lowest BCUT2D eigenvalue weighted by Crippen LogP contribution is -2.80. The van der Waals surface area contributed by atoms with Crippen molar-refractivity contribution < 1.29 is 13.1 Å². The molecule has 2 heterocycles. The molecule has 1 fully saturated rings. The van der Waals surface area contributed by atoms with Crippen LogP contribution in [0, 0.1) is 0 Å². The average molecular weight is 248 g/mol. The van der Waals surface area contributed by atoms with Crippen molar-refractivity contribution in [3.63, 3.8) is 0 Å². The summed E-state index contributed by atoms with van der Waals surface area (Å²) >= 11 is 0. The Morgan fingerprint density at radius 3 is 2.65 bits per heavy atom. The lowest BCUT2D eigenvalue weighted by molar-refractivity contribution is -0.486. The van der Waals surface area contributed by atoms with Crippen LogP contribution in [0.25, 0.3) is 10.8 Å². The predicted molar refractivity (Wildman–Crippen MR) is 67.3 cm³/mol. The van der Waals surface area contributed by atoms with Gasteiger partial charge in [0.15, 0.2) is 0 Å². The molecule has 2 aliphatic heterocycles. The molecular formula is C13H14NO2S+. The Kier molecular flexibility index (Phi) is 2.02. The zero-order chi connectivity index (χ0) is 11.3. The second kappa shape index (κ2) is 3.46. The summed E-state index contributed by atoms with van der Waals surface area (Å²) in [6, 6.07) is 12.9. The quantitative estimate of drug-likeness (QED) is 0.772. The normalized spacial score (nSPS) is 30.6. The number of nitrogens with two attached hydrogens (primary N) is 1. The van der Waals surface area contributed by atoms with E-state index in [4.69, 9.17) is 8.37 Å². The number of benzene rings is 2. The summed E-state index contributed by atoms with van der Waals surface area (Å²) in [4.78, 5) is 1.27. The molecule has 2 aromatic rings. The fraction of sp³-hybridized carbons (Fsp3) is 0.231. The molecule has 2 aliphatic rings. The lowest BCUT2D eigenvalue weighted by atomic mass is 10.1. The van der Waals surface area contributed by atoms with Crippen molar-refractivity contribution in [2.75, 3.05) is 13.2 Å². The third kappa shape index (κ3) is 1.35. The van der Waals surface area contributed by atoms with Crippen molar-refractivity contribution >= 4 is 21.5 Å². The predicted octanol–water partition coefficient (Wildman–Crippen LogP) is 1.87. The molecule has 17 heavy (non-hydrogen) atoms. The number of quaternary nitrogens is 1. The second-order valence-electron chi connectivity index (χ2n) is 4.39. The highest BCUT2D eigenvalue weighted by Gasteiger charge is 2.39. The summed E-state index contributed by atoms with van der Waals surface area (Å²) in [5, 5.41) is 2.55. The first kappa shape index (κ1) is 9.91. The van der Waals surface area contributed by atoms with Gasteiger partial charge in [-0.2, -0.15) is 0 Å². The van der Waals surface area contributed by atoms with Gasteiger partial charge in [0.05, 0.1) is 0 Å². The standard InChI is InChI=1S/C13H13NO2S/c1-2-4-11-8-13-12(7-10(11)3-1)9-16-17(13)14-5-6-15-17/h1-4,7-8,14H,5-6,9H2/p+1. The van der Waals surface area contributed by atoms with Crippen molar-refractivity contribution in [3.8, 4) is 0 Å². The van der Waals surface area contributed by atoms with Crippen molar-refractivity contribution in [3.05, 3.63) is 42.0 Å². The number of rotatable bonds is 0. The van der Waals surface area contributed by atoms with Crippen molar-refractivity contribution in [2.24, 2.45) is 0 Å². The SMILES string of the molecule is c1ccc2cc3c(cc2c1)COS31[NH2+]CCO1.